The summed E-state index contributed by atoms with van der Waals surface area (Å²) < 4.78 is 37.4. The average molecular weight is 289 g/mol. The number of nitrogen functional groups attached to an aromatic ring is 1. The molecule has 0 heterocycles. The van der Waals surface area contributed by atoms with E-state index in [-0.39, 0.29) is 23.7 Å². The van der Waals surface area contributed by atoms with E-state index in [0.717, 1.165) is 12.1 Å². The van der Waals surface area contributed by atoms with Crippen LogP contribution in [0, 0.1) is 0 Å². The molecule has 0 spiro atoms. The molecule has 1 aromatic carbocycles. The number of nitrogens with two attached hydrogens (primary N) is 1. The number of hydrogen-bond donors (Lipinski definition) is 3. The van der Waals surface area contributed by atoms with Gasteiger partial charge in [0.1, 0.15) is 0 Å². The highest BCUT2D eigenvalue weighted by Gasteiger charge is 2.30. The molecule has 0 saturated carbocycles. The first kappa shape index (κ1) is 16.1. The smallest absolute Gasteiger partial charge is 0.397 e. The summed E-state index contributed by atoms with van der Waals surface area (Å²) in [5.41, 5.74) is 4.59. The van der Waals surface area contributed by atoms with Gasteiger partial charge in [-0.25, -0.2) is 0 Å². The Morgan fingerprint density at radius 3 is 2.30 bits per heavy atom. The van der Waals surface area contributed by atoms with E-state index in [1.54, 1.807) is 0 Å². The fourth-order valence-electron chi connectivity index (χ4n) is 1.54. The number of anilines is 2. The zero-order valence-corrected chi connectivity index (χ0v) is 11.6. The van der Waals surface area contributed by atoms with Crippen LogP contribution in [0.4, 0.5) is 24.5 Å². The molecule has 0 radical (unpaired) electrons. The number of hydrogen-bond acceptors (Lipinski definition) is 3. The van der Waals surface area contributed by atoms with Crippen molar-refractivity contribution in [3.63, 3.8) is 0 Å². The van der Waals surface area contributed by atoms with E-state index in [2.05, 4.69) is 10.6 Å². The quantitative estimate of drug-likeness (QED) is 0.749. The Labute approximate surface area is 115 Å². The van der Waals surface area contributed by atoms with Crippen molar-refractivity contribution in [1.82, 2.24) is 5.32 Å². The van der Waals surface area contributed by atoms with Crippen molar-refractivity contribution in [1.29, 1.82) is 0 Å². The van der Waals surface area contributed by atoms with Gasteiger partial charge in [-0.1, -0.05) is 0 Å². The molecule has 0 aromatic heterocycles. The first-order valence-electron chi connectivity index (χ1n) is 6.00. The number of carbonyl (C=O) groups is 1. The Hall–Kier alpha value is -1.92. The molecule has 0 aliphatic heterocycles. The van der Waals surface area contributed by atoms with Crippen LogP contribution in [0.3, 0.4) is 0 Å². The fourth-order valence-corrected chi connectivity index (χ4v) is 1.54. The molecule has 1 rings (SSSR count). The lowest BCUT2D eigenvalue weighted by molar-refractivity contribution is -0.137. The number of nitrogens with one attached hydrogen (secondary N) is 2. The van der Waals surface area contributed by atoms with E-state index in [4.69, 9.17) is 5.73 Å². The zero-order valence-electron chi connectivity index (χ0n) is 11.6. The normalized spacial score (nSPS) is 12.1. The van der Waals surface area contributed by atoms with E-state index in [1.807, 2.05) is 20.8 Å². The Kier molecular flexibility index (Phi) is 4.52. The highest BCUT2D eigenvalue weighted by atomic mass is 19.4. The number of amides is 1. The second-order valence-electron chi connectivity index (χ2n) is 5.45. The van der Waals surface area contributed by atoms with Crippen LogP contribution in [0.1, 0.15) is 26.3 Å². The highest BCUT2D eigenvalue weighted by Crippen LogP contribution is 2.32. The summed E-state index contributed by atoms with van der Waals surface area (Å²) in [6.07, 6.45) is -4.43. The molecule has 0 fully saturated rings. The molecule has 0 bridgehead atoms. The molecule has 112 valence electrons. The Morgan fingerprint density at radius 2 is 1.85 bits per heavy atom. The van der Waals surface area contributed by atoms with Crippen LogP contribution in [0.25, 0.3) is 0 Å². The minimum absolute atomic E-state index is 0.0524. The van der Waals surface area contributed by atoms with Crippen molar-refractivity contribution in [2.24, 2.45) is 0 Å². The van der Waals surface area contributed by atoms with Gasteiger partial charge in [0.25, 0.3) is 0 Å². The van der Waals surface area contributed by atoms with Crippen molar-refractivity contribution >= 4 is 17.3 Å². The summed E-state index contributed by atoms with van der Waals surface area (Å²) in [5, 5.41) is 5.43. The van der Waals surface area contributed by atoms with E-state index in [0.29, 0.717) is 5.69 Å². The lowest BCUT2D eigenvalue weighted by atomic mass is 10.1. The monoisotopic (exact) mass is 289 g/mol. The molecule has 0 unspecified atom stereocenters. The van der Waals surface area contributed by atoms with Crippen molar-refractivity contribution in [3.05, 3.63) is 23.8 Å². The molecule has 0 saturated heterocycles. The van der Waals surface area contributed by atoms with Gasteiger partial charge in [-0.2, -0.15) is 13.2 Å². The third-order valence-electron chi connectivity index (χ3n) is 2.33. The van der Waals surface area contributed by atoms with Crippen LogP contribution in [0.5, 0.6) is 0 Å². The molecule has 0 aliphatic carbocycles. The summed E-state index contributed by atoms with van der Waals surface area (Å²) in [6, 6.07) is 2.97. The Morgan fingerprint density at radius 1 is 1.25 bits per heavy atom. The van der Waals surface area contributed by atoms with Gasteiger partial charge < -0.3 is 16.4 Å². The summed E-state index contributed by atoms with van der Waals surface area (Å²) >= 11 is 0. The Balaban J connectivity index is 2.68. The predicted octanol–water partition coefficient (Wildman–Crippen LogP) is 2.61. The number of halogens is 3. The molecule has 7 heteroatoms. The summed E-state index contributed by atoms with van der Waals surface area (Å²) in [5.74, 6) is -0.267. The molecule has 0 atom stereocenters. The van der Waals surface area contributed by atoms with Crippen LogP contribution in [0.2, 0.25) is 0 Å². The zero-order chi connectivity index (χ0) is 15.6. The number of rotatable bonds is 3. The second kappa shape index (κ2) is 5.60. The number of alkyl halides is 3. The third kappa shape index (κ3) is 4.99. The molecule has 0 aliphatic rings. The SMILES string of the molecule is CC(C)(C)NC(=O)CNc1ccc(C(F)(F)F)cc1N. The van der Waals surface area contributed by atoms with E-state index in [1.165, 1.54) is 6.07 Å². The largest absolute Gasteiger partial charge is 0.416 e. The number of benzene rings is 1. The summed E-state index contributed by atoms with van der Waals surface area (Å²) in [6.45, 7) is 5.43. The van der Waals surface area contributed by atoms with Gasteiger partial charge in [0.15, 0.2) is 0 Å². The van der Waals surface area contributed by atoms with Crippen LogP contribution in [-0.2, 0) is 11.0 Å². The first-order valence-corrected chi connectivity index (χ1v) is 6.00. The van der Waals surface area contributed by atoms with Gasteiger partial charge in [0.05, 0.1) is 23.5 Å². The molecular weight excluding hydrogens is 271 g/mol. The van der Waals surface area contributed by atoms with Crippen LogP contribution < -0.4 is 16.4 Å². The van der Waals surface area contributed by atoms with Crippen molar-refractivity contribution in [3.8, 4) is 0 Å². The van der Waals surface area contributed by atoms with Crippen LogP contribution in [-0.4, -0.2) is 18.0 Å². The molecular formula is C13H18F3N3O. The lowest BCUT2D eigenvalue weighted by Gasteiger charge is -2.21. The lowest BCUT2D eigenvalue weighted by Crippen LogP contribution is -2.43. The van der Waals surface area contributed by atoms with Crippen molar-refractivity contribution in [2.45, 2.75) is 32.5 Å². The van der Waals surface area contributed by atoms with E-state index >= 15 is 0 Å². The molecule has 4 N–H and O–H groups in total. The van der Waals surface area contributed by atoms with Gasteiger partial charge in [-0.15, -0.1) is 0 Å². The standard InChI is InChI=1S/C13H18F3N3O/c1-12(2,3)19-11(20)7-18-10-5-4-8(6-9(10)17)13(14,15)16/h4-6,18H,7,17H2,1-3H3,(H,19,20). The summed E-state index contributed by atoms with van der Waals surface area (Å²) in [4.78, 5) is 11.6. The van der Waals surface area contributed by atoms with E-state index < -0.39 is 11.7 Å². The van der Waals surface area contributed by atoms with Gasteiger partial charge >= 0.3 is 6.18 Å². The maximum Gasteiger partial charge on any atom is 0.416 e. The molecule has 1 amide bonds. The summed E-state index contributed by atoms with van der Waals surface area (Å²) in [7, 11) is 0. The first-order chi connectivity index (χ1) is 8.99. The molecule has 1 aromatic rings. The maximum absolute atomic E-state index is 12.5. The fraction of sp³-hybridized carbons (Fsp3) is 0.462. The van der Waals surface area contributed by atoms with Crippen LogP contribution in [0.15, 0.2) is 18.2 Å². The molecule has 4 nitrogen and oxygen atoms in total. The molecule has 20 heavy (non-hydrogen) atoms. The highest BCUT2D eigenvalue weighted by molar-refractivity contribution is 5.82. The topological polar surface area (TPSA) is 67.2 Å². The Bertz CT molecular complexity index is 493. The minimum atomic E-state index is -4.43. The minimum Gasteiger partial charge on any atom is -0.397 e. The van der Waals surface area contributed by atoms with Gasteiger partial charge in [0, 0.05) is 5.54 Å². The van der Waals surface area contributed by atoms with Crippen molar-refractivity contribution < 1.29 is 18.0 Å². The number of carbonyl (C=O) groups excluding carboxylic acids is 1. The average Bonchev–Trinajstić information content (AvgIpc) is 2.23. The predicted molar refractivity (Wildman–Crippen MR) is 72.2 cm³/mol. The van der Waals surface area contributed by atoms with Crippen LogP contribution >= 0.6 is 0 Å². The maximum atomic E-state index is 12.5. The second-order valence-corrected chi connectivity index (χ2v) is 5.45. The van der Waals surface area contributed by atoms with Crippen molar-refractivity contribution in [2.75, 3.05) is 17.6 Å². The van der Waals surface area contributed by atoms with E-state index in [9.17, 15) is 18.0 Å². The van der Waals surface area contributed by atoms with Gasteiger partial charge in [-0.3, -0.25) is 4.79 Å². The third-order valence-corrected chi connectivity index (χ3v) is 2.33. The van der Waals surface area contributed by atoms with Gasteiger partial charge in [0.2, 0.25) is 5.91 Å². The van der Waals surface area contributed by atoms with Gasteiger partial charge in [-0.05, 0) is 39.0 Å².